The molecule has 218 valence electrons. The molecule has 2 N–H and O–H groups in total. The van der Waals surface area contributed by atoms with Gasteiger partial charge in [-0.2, -0.15) is 15.2 Å². The number of nitriles is 1. The Morgan fingerprint density at radius 1 is 1.30 bits per heavy atom. The highest BCUT2D eigenvalue weighted by Gasteiger charge is 2.36. The molecule has 0 spiro atoms. The molecule has 0 atom stereocenters. The summed E-state index contributed by atoms with van der Waals surface area (Å²) in [5.74, 6) is -0.739. The number of nitrogen functional groups attached to an aromatic ring is 1. The highest BCUT2D eigenvalue weighted by Crippen LogP contribution is 2.50. The highest BCUT2D eigenvalue weighted by atomic mass is 35.5. The van der Waals surface area contributed by atoms with Gasteiger partial charge in [-0.1, -0.05) is 17.7 Å². The zero-order chi connectivity index (χ0) is 30.0. The number of ether oxygens (including phenoxy) is 2. The second-order valence-corrected chi connectivity index (χ2v) is 11.6. The van der Waals surface area contributed by atoms with Crippen LogP contribution in [0.15, 0.2) is 30.9 Å². The number of hydrogen-bond donors (Lipinski definition) is 1. The third-order valence-corrected chi connectivity index (χ3v) is 9.05. The van der Waals surface area contributed by atoms with Crippen LogP contribution in [0.1, 0.15) is 5.56 Å². The number of nitrogens with two attached hydrogens (primary N) is 1. The first-order valence-corrected chi connectivity index (χ1v) is 14.3. The Morgan fingerprint density at radius 2 is 2.12 bits per heavy atom. The molecule has 43 heavy (non-hydrogen) atoms. The van der Waals surface area contributed by atoms with E-state index in [9.17, 15) is 14.4 Å². The molecule has 0 radical (unpaired) electrons. The number of carbonyl (C=O) groups excluding carboxylic acids is 1. The smallest absolute Gasteiger partial charge is 0.329 e. The standard InChI is InChI=1S/C28H21ClF2N8O3S/c1-41-27-35-22-19-23(20(29)18(21(22)31)14-2-3-16(30)24-17(14)15(8-32)25(33)43-24)42-7-6-37(26(19)36-27)9-13-10-39(11-13)28(40)38-5-4-34-12-38/h2-5,12-13H,6-7,9-11,33H2,1H3. The van der Waals surface area contributed by atoms with Gasteiger partial charge in [-0.25, -0.2) is 18.6 Å². The van der Waals surface area contributed by atoms with Gasteiger partial charge in [0.1, 0.15) is 41.2 Å². The van der Waals surface area contributed by atoms with Gasteiger partial charge in [-0.15, -0.1) is 11.3 Å². The summed E-state index contributed by atoms with van der Waals surface area (Å²) in [6.07, 6.45) is 4.60. The molecule has 1 fully saturated rings. The second-order valence-electron chi connectivity index (χ2n) is 10.2. The molecular formula is C28H21ClF2N8O3S. The van der Waals surface area contributed by atoms with Crippen LogP contribution in [0.2, 0.25) is 5.02 Å². The summed E-state index contributed by atoms with van der Waals surface area (Å²) in [5, 5.41) is 10.3. The zero-order valence-corrected chi connectivity index (χ0v) is 24.0. The van der Waals surface area contributed by atoms with E-state index in [1.165, 1.54) is 30.1 Å². The molecule has 1 amide bonds. The number of anilines is 2. The van der Waals surface area contributed by atoms with Crippen molar-refractivity contribution in [2.45, 2.75) is 0 Å². The van der Waals surface area contributed by atoms with Crippen molar-refractivity contribution in [1.82, 2.24) is 24.4 Å². The molecule has 2 aliphatic heterocycles. The van der Waals surface area contributed by atoms with Gasteiger partial charge in [0.15, 0.2) is 11.6 Å². The maximum atomic E-state index is 16.6. The van der Waals surface area contributed by atoms with Crippen molar-refractivity contribution in [2.75, 3.05) is 50.5 Å². The third kappa shape index (κ3) is 4.18. The molecule has 7 rings (SSSR count). The fourth-order valence-corrected chi connectivity index (χ4v) is 6.95. The number of fused-ring (bicyclic) bond motifs is 1. The van der Waals surface area contributed by atoms with Gasteiger partial charge in [0.2, 0.25) is 0 Å². The van der Waals surface area contributed by atoms with Crippen molar-refractivity contribution >= 4 is 60.8 Å². The van der Waals surface area contributed by atoms with Crippen LogP contribution >= 0.6 is 22.9 Å². The number of halogens is 3. The molecule has 15 heteroatoms. The van der Waals surface area contributed by atoms with Crippen LogP contribution in [-0.4, -0.2) is 70.3 Å². The largest absolute Gasteiger partial charge is 0.489 e. The van der Waals surface area contributed by atoms with Crippen LogP contribution in [0.3, 0.4) is 0 Å². The number of nitrogens with zero attached hydrogens (tertiary/aromatic N) is 7. The summed E-state index contributed by atoms with van der Waals surface area (Å²) in [5.41, 5.74) is 6.03. The van der Waals surface area contributed by atoms with Crippen LogP contribution in [-0.2, 0) is 0 Å². The number of methoxy groups -OCH3 is 1. The number of amides is 1. The predicted molar refractivity (Wildman–Crippen MR) is 157 cm³/mol. The normalized spacial score (nSPS) is 14.9. The van der Waals surface area contributed by atoms with Crippen molar-refractivity contribution in [3.8, 4) is 29.0 Å². The summed E-state index contributed by atoms with van der Waals surface area (Å²) in [6.45, 7) is 2.13. The number of rotatable bonds is 4. The molecule has 0 bridgehead atoms. The maximum absolute atomic E-state index is 16.6. The van der Waals surface area contributed by atoms with E-state index in [0.717, 1.165) is 11.3 Å². The van der Waals surface area contributed by atoms with Gasteiger partial charge in [-0.3, -0.25) is 4.57 Å². The lowest BCUT2D eigenvalue weighted by Crippen LogP contribution is -2.55. The molecule has 2 aliphatic rings. The van der Waals surface area contributed by atoms with Crippen molar-refractivity contribution in [2.24, 2.45) is 5.92 Å². The quantitative estimate of drug-likeness (QED) is 0.297. The summed E-state index contributed by atoms with van der Waals surface area (Å²) >= 11 is 7.79. The minimum Gasteiger partial charge on any atom is -0.489 e. The lowest BCUT2D eigenvalue weighted by molar-refractivity contribution is 0.124. The SMILES string of the molecule is COc1nc2c3c(c(Cl)c(-c4ccc(F)c5sc(N)c(C#N)c45)c(F)c3n1)OCCN2CC1CN(C(=O)n2ccnc2)C1. The van der Waals surface area contributed by atoms with Gasteiger partial charge in [0, 0.05) is 48.9 Å². The van der Waals surface area contributed by atoms with E-state index in [2.05, 4.69) is 15.0 Å². The molecule has 0 aliphatic carbocycles. The van der Waals surface area contributed by atoms with Gasteiger partial charge >= 0.3 is 12.0 Å². The number of aromatic nitrogens is 4. The highest BCUT2D eigenvalue weighted by molar-refractivity contribution is 7.23. The Morgan fingerprint density at radius 3 is 2.84 bits per heavy atom. The van der Waals surface area contributed by atoms with Gasteiger partial charge in [0.05, 0.1) is 34.3 Å². The van der Waals surface area contributed by atoms with Crippen molar-refractivity contribution < 1.29 is 23.0 Å². The molecule has 2 aromatic carbocycles. The van der Waals surface area contributed by atoms with Crippen LogP contribution in [0.5, 0.6) is 11.8 Å². The first-order chi connectivity index (χ1) is 20.8. The first-order valence-electron chi connectivity index (χ1n) is 13.1. The van der Waals surface area contributed by atoms with Crippen molar-refractivity contribution in [1.29, 1.82) is 5.26 Å². The van der Waals surface area contributed by atoms with Crippen LogP contribution in [0.25, 0.3) is 32.1 Å². The topological polar surface area (TPSA) is 135 Å². The molecule has 5 heterocycles. The zero-order valence-electron chi connectivity index (χ0n) is 22.5. The second kappa shape index (κ2) is 10.2. The summed E-state index contributed by atoms with van der Waals surface area (Å²) in [4.78, 5) is 29.1. The minimum absolute atomic E-state index is 0.0324. The molecule has 0 saturated carbocycles. The van der Waals surface area contributed by atoms with Gasteiger partial charge in [-0.05, 0) is 11.6 Å². The van der Waals surface area contributed by atoms with Crippen LogP contribution in [0, 0.1) is 28.9 Å². The molecule has 1 saturated heterocycles. The van der Waals surface area contributed by atoms with E-state index in [0.29, 0.717) is 32.0 Å². The Bertz CT molecular complexity index is 1990. The Hall–Kier alpha value is -4.74. The monoisotopic (exact) mass is 622 g/mol. The van der Waals surface area contributed by atoms with E-state index in [1.54, 1.807) is 17.3 Å². The lowest BCUT2D eigenvalue weighted by atomic mass is 9.96. The maximum Gasteiger partial charge on any atom is 0.329 e. The average Bonchev–Trinajstić information content (AvgIpc) is 3.60. The molecular weight excluding hydrogens is 602 g/mol. The number of likely N-dealkylation sites (tertiary alicyclic amines) is 1. The van der Waals surface area contributed by atoms with E-state index in [-0.39, 0.29) is 78.0 Å². The number of hydrogen-bond acceptors (Lipinski definition) is 10. The van der Waals surface area contributed by atoms with Gasteiger partial charge < -0.3 is 25.0 Å². The fraction of sp³-hybridized carbons (Fsp3) is 0.250. The van der Waals surface area contributed by atoms with Crippen LogP contribution < -0.4 is 20.1 Å². The number of benzene rings is 2. The van der Waals surface area contributed by atoms with Gasteiger partial charge in [0.25, 0.3) is 0 Å². The Kier molecular flexibility index (Phi) is 6.44. The average molecular weight is 623 g/mol. The van der Waals surface area contributed by atoms with Crippen LogP contribution in [0.4, 0.5) is 24.4 Å². The van der Waals surface area contributed by atoms with E-state index in [1.807, 2.05) is 11.0 Å². The van der Waals surface area contributed by atoms with E-state index >= 15 is 4.39 Å². The molecule has 5 aromatic rings. The number of thiophene rings is 1. The summed E-state index contributed by atoms with van der Waals surface area (Å²) in [6, 6.07) is 4.32. The third-order valence-electron chi connectivity index (χ3n) is 7.66. The lowest BCUT2D eigenvalue weighted by Gasteiger charge is -2.41. The summed E-state index contributed by atoms with van der Waals surface area (Å²) in [7, 11) is 1.38. The Labute approximate surface area is 251 Å². The fourth-order valence-electron chi connectivity index (χ4n) is 5.67. The first kappa shape index (κ1) is 27.1. The minimum atomic E-state index is -0.807. The predicted octanol–water partition coefficient (Wildman–Crippen LogP) is 4.90. The molecule has 11 nitrogen and oxygen atoms in total. The summed E-state index contributed by atoms with van der Waals surface area (Å²) < 4.78 is 44.4. The molecule has 0 unspecified atom stereocenters. The van der Waals surface area contributed by atoms with E-state index in [4.69, 9.17) is 26.8 Å². The Balaban J connectivity index is 1.34. The van der Waals surface area contributed by atoms with E-state index < -0.39 is 11.6 Å². The molecule has 3 aromatic heterocycles. The number of carbonyl (C=O) groups is 1. The number of imidazole rings is 1. The van der Waals surface area contributed by atoms with Crippen molar-refractivity contribution in [3.63, 3.8) is 0 Å². The van der Waals surface area contributed by atoms with Crippen molar-refractivity contribution in [3.05, 3.63) is 53.1 Å².